The summed E-state index contributed by atoms with van der Waals surface area (Å²) >= 11 is 0. The van der Waals surface area contributed by atoms with Crippen LogP contribution < -0.4 is 21.5 Å². The lowest BCUT2D eigenvalue weighted by atomic mass is 9.96. The highest BCUT2D eigenvalue weighted by Gasteiger charge is 2.40. The minimum absolute atomic E-state index is 0.0407. The van der Waals surface area contributed by atoms with Crippen molar-refractivity contribution in [2.24, 2.45) is 5.92 Å². The predicted octanol–water partition coefficient (Wildman–Crippen LogP) is 1.54. The lowest BCUT2D eigenvalue weighted by molar-refractivity contribution is 0.0835. The van der Waals surface area contributed by atoms with E-state index in [-0.39, 0.29) is 34.7 Å². The molecule has 0 saturated carbocycles. The van der Waals surface area contributed by atoms with Crippen LogP contribution in [-0.2, 0) is 60.4 Å². The zero-order valence-corrected chi connectivity index (χ0v) is 39.1. The van der Waals surface area contributed by atoms with E-state index in [4.69, 9.17) is 0 Å². The van der Waals surface area contributed by atoms with E-state index in [1.54, 1.807) is 0 Å². The summed E-state index contributed by atoms with van der Waals surface area (Å²) in [6, 6.07) is 11.9. The SMILES string of the molecule is O=C1c2ccccc2C(=O)C1CCS(=O)(=O)c1cc(Nc2cc(S(=O)(=O)O)c3nc(=O)c(=C(O)c4cc(S(=O)(=O)O)cc(S(=O)(=O)O)c4)c4c5ccccc5c(=O)c2c3=4)c(S(=O)(=O)O)cc1S(=O)(=O)O. The van der Waals surface area contributed by atoms with Gasteiger partial charge in [0.15, 0.2) is 26.8 Å². The minimum Gasteiger partial charge on any atom is -0.506 e. The molecule has 5 aromatic rings. The van der Waals surface area contributed by atoms with Crippen LogP contribution in [0.15, 0.2) is 124 Å². The van der Waals surface area contributed by atoms with Crippen molar-refractivity contribution >= 4 is 111 Å². The highest BCUT2D eigenvalue weighted by atomic mass is 32.2. The third-order valence-electron chi connectivity index (χ3n) is 11.1. The van der Waals surface area contributed by atoms with Gasteiger partial charge < -0.3 is 10.4 Å². The molecule has 1 heterocycles. The van der Waals surface area contributed by atoms with Gasteiger partial charge in [-0.15, -0.1) is 0 Å². The number of benzene rings is 5. The van der Waals surface area contributed by atoms with Gasteiger partial charge in [0.05, 0.1) is 53.9 Å². The maximum Gasteiger partial charge on any atom is 0.296 e. The van der Waals surface area contributed by atoms with Gasteiger partial charge in [-0.25, -0.2) is 13.4 Å². The van der Waals surface area contributed by atoms with Gasteiger partial charge in [-0.05, 0) is 48.2 Å². The number of aromatic nitrogens is 1. The molecule has 8 rings (SSSR count). The van der Waals surface area contributed by atoms with Crippen LogP contribution in [0.2, 0.25) is 0 Å². The van der Waals surface area contributed by atoms with E-state index in [1.807, 2.05) is 0 Å². The summed E-state index contributed by atoms with van der Waals surface area (Å²) in [4.78, 5) is 49.9. The van der Waals surface area contributed by atoms with Crippen molar-refractivity contribution in [1.29, 1.82) is 0 Å². The number of carbonyl (C=O) groups excluding carboxylic acids is 2. The Balaban J connectivity index is 1.47. The molecule has 0 fully saturated rings. The van der Waals surface area contributed by atoms with Gasteiger partial charge in [0, 0.05) is 32.5 Å². The van der Waals surface area contributed by atoms with E-state index >= 15 is 0 Å². The second kappa shape index (κ2) is 16.4. The number of carbonyl (C=O) groups is 2. The fourth-order valence-corrected chi connectivity index (χ4v) is 13.4. The Morgan fingerprint density at radius 2 is 1.04 bits per heavy atom. The number of nitrogens with one attached hydrogen (secondary N) is 1. The van der Waals surface area contributed by atoms with Crippen LogP contribution in [0.25, 0.3) is 27.4 Å². The summed E-state index contributed by atoms with van der Waals surface area (Å²) in [7, 11) is -33.2. The zero-order valence-electron chi connectivity index (χ0n) is 34.2. The number of hydrogen-bond acceptors (Lipinski definition) is 19. The molecule has 5 aromatic carbocycles. The number of anilines is 2. The van der Waals surface area contributed by atoms with Crippen molar-refractivity contribution in [2.75, 3.05) is 11.1 Å². The van der Waals surface area contributed by atoms with E-state index in [1.165, 1.54) is 36.4 Å². The first-order chi connectivity index (χ1) is 32.2. The molecular formula is C40H26N2O22S6. The molecule has 1 aliphatic heterocycles. The Morgan fingerprint density at radius 1 is 0.543 bits per heavy atom. The van der Waals surface area contributed by atoms with Crippen LogP contribution in [0, 0.1) is 16.4 Å². The Hall–Kier alpha value is -6.71. The first-order valence-corrected chi connectivity index (χ1v) is 27.9. The molecule has 30 heteroatoms. The Bertz CT molecular complexity index is 4440. The number of nitrogens with zero attached hydrogens (tertiary/aromatic N) is 1. The van der Waals surface area contributed by atoms with Crippen molar-refractivity contribution in [2.45, 2.75) is 35.8 Å². The molecule has 0 bridgehead atoms. The number of Topliss-reactive ketones (excluding diaryl/α,β-unsaturated/α-hetero) is 2. The Kier molecular flexibility index (Phi) is 11.7. The third kappa shape index (κ3) is 8.56. The van der Waals surface area contributed by atoms with Crippen LogP contribution in [0.1, 0.15) is 32.7 Å². The van der Waals surface area contributed by atoms with Crippen LogP contribution in [0.3, 0.4) is 0 Å². The fourth-order valence-electron chi connectivity index (χ4n) is 8.09. The molecule has 0 atom stereocenters. The highest BCUT2D eigenvalue weighted by molar-refractivity contribution is 7.93. The first-order valence-electron chi connectivity index (χ1n) is 19.0. The molecule has 364 valence electrons. The van der Waals surface area contributed by atoms with Crippen LogP contribution >= 0.6 is 0 Å². The normalized spacial score (nSPS) is 14.7. The topological polar surface area (TPSA) is 419 Å². The molecule has 0 unspecified atom stereocenters. The largest absolute Gasteiger partial charge is 0.506 e. The number of aliphatic hydroxyl groups is 1. The summed E-state index contributed by atoms with van der Waals surface area (Å²) in [5.74, 6) is -5.83. The van der Waals surface area contributed by atoms with Gasteiger partial charge >= 0.3 is 0 Å². The molecule has 7 N–H and O–H groups in total. The fraction of sp³-hybridized carbons (Fsp3) is 0.0750. The molecule has 0 aromatic heterocycles. The van der Waals surface area contributed by atoms with Crippen molar-refractivity contribution in [3.8, 4) is 0 Å². The maximum absolute atomic E-state index is 14.6. The molecule has 0 radical (unpaired) electrons. The molecular weight excluding hydrogens is 1050 g/mol. The summed E-state index contributed by atoms with van der Waals surface area (Å²) < 4.78 is 205. The Labute approximate surface area is 392 Å². The van der Waals surface area contributed by atoms with Gasteiger partial charge in [-0.2, -0.15) is 42.1 Å². The number of rotatable bonds is 12. The monoisotopic (exact) mass is 1080 g/mol. The van der Waals surface area contributed by atoms with Crippen LogP contribution in [0.5, 0.6) is 0 Å². The molecule has 70 heavy (non-hydrogen) atoms. The van der Waals surface area contributed by atoms with Crippen molar-refractivity contribution in [1.82, 2.24) is 4.98 Å². The second-order valence-electron chi connectivity index (χ2n) is 15.3. The second-order valence-corrected chi connectivity index (χ2v) is 24.4. The van der Waals surface area contributed by atoms with Crippen LogP contribution in [-0.4, -0.2) is 101 Å². The van der Waals surface area contributed by atoms with E-state index in [0.717, 1.165) is 12.1 Å². The minimum atomic E-state index is -5.80. The number of hydrogen-bond donors (Lipinski definition) is 7. The predicted molar refractivity (Wildman–Crippen MR) is 239 cm³/mol. The first kappa shape index (κ1) is 49.7. The average molecular weight is 1080 g/mol. The van der Waals surface area contributed by atoms with Crippen molar-refractivity contribution in [3.63, 3.8) is 0 Å². The standard InChI is InChI=1S/C40H26N2O22S6/c43-36(17-11-18(66(50,51)52)13-19(12-17)67(53,54)55)34-31-20-5-1-2-6-21(20)39(46)32-26(15-30(70(62,63)64)35(33(31)32)42-40(34)47)41-25-14-28(29(69(59,60)61)16-27(25)68(56,57)58)65(48,49)10-9-24-37(44)22-7-3-4-8-23(22)38(24)45/h1-8,11-16,24,41,43H,9-10H2,(H,50,51,52)(H,53,54,55)(H,56,57,58)(H,59,60,61)(H,62,63,64). The Morgan fingerprint density at radius 3 is 1.56 bits per heavy atom. The van der Waals surface area contributed by atoms with E-state index in [9.17, 15) is 97.6 Å². The van der Waals surface area contributed by atoms with E-state index in [2.05, 4.69) is 10.3 Å². The quantitative estimate of drug-likeness (QED) is 0.0674. The molecule has 24 nitrogen and oxygen atoms in total. The van der Waals surface area contributed by atoms with Gasteiger partial charge in [-0.1, -0.05) is 48.5 Å². The molecule has 2 aliphatic carbocycles. The summed E-state index contributed by atoms with van der Waals surface area (Å²) in [6.45, 7) is 0. The number of fused-ring (bicyclic) bond motifs is 3. The van der Waals surface area contributed by atoms with Gasteiger partial charge in [-0.3, -0.25) is 41.9 Å². The van der Waals surface area contributed by atoms with E-state index < -0.39 is 185 Å². The van der Waals surface area contributed by atoms with Gasteiger partial charge in [0.1, 0.15) is 20.4 Å². The smallest absolute Gasteiger partial charge is 0.296 e. The summed E-state index contributed by atoms with van der Waals surface area (Å²) in [6.07, 6.45) is -0.802. The van der Waals surface area contributed by atoms with E-state index in [0.29, 0.717) is 18.2 Å². The number of aliphatic hydroxyl groups excluding tert-OH is 1. The summed E-state index contributed by atoms with van der Waals surface area (Å²) in [5, 5.41) is 9.80. The van der Waals surface area contributed by atoms with Crippen LogP contribution in [0.4, 0.5) is 11.4 Å². The highest BCUT2D eigenvalue weighted by Crippen LogP contribution is 2.38. The molecule has 0 saturated heterocycles. The molecule has 0 spiro atoms. The zero-order chi connectivity index (χ0) is 51.6. The summed E-state index contributed by atoms with van der Waals surface area (Å²) in [5.41, 5.74) is -7.06. The number of sulfone groups is 1. The molecule has 0 amide bonds. The van der Waals surface area contributed by atoms with Crippen molar-refractivity contribution < 1.29 is 88.0 Å². The number of ketones is 2. The van der Waals surface area contributed by atoms with Crippen molar-refractivity contribution in [3.05, 3.63) is 138 Å². The third-order valence-corrected chi connectivity index (χ3v) is 17.3. The average Bonchev–Trinajstić information content (AvgIpc) is 3.50. The molecule has 3 aliphatic rings. The maximum atomic E-state index is 14.6. The van der Waals surface area contributed by atoms with Gasteiger partial charge in [0.2, 0.25) is 0 Å². The van der Waals surface area contributed by atoms with Gasteiger partial charge in [0.25, 0.3) is 56.1 Å². The lowest BCUT2D eigenvalue weighted by Gasteiger charge is -2.18. The lowest BCUT2D eigenvalue weighted by Crippen LogP contribution is -2.33.